The second-order valence-electron chi connectivity index (χ2n) is 5.03. The fourth-order valence-electron chi connectivity index (χ4n) is 1.49. The minimum Gasteiger partial charge on any atom is -0.396 e. The van der Waals surface area contributed by atoms with Crippen LogP contribution in [-0.4, -0.2) is 28.0 Å². The van der Waals surface area contributed by atoms with Crippen molar-refractivity contribution in [2.24, 2.45) is 12.5 Å². The van der Waals surface area contributed by atoms with E-state index in [0.29, 0.717) is 0 Å². The summed E-state index contributed by atoms with van der Waals surface area (Å²) in [5.74, 6) is 0. The van der Waals surface area contributed by atoms with Gasteiger partial charge >= 0.3 is 0 Å². The second kappa shape index (κ2) is 5.46. The van der Waals surface area contributed by atoms with Gasteiger partial charge < -0.3 is 10.4 Å². The van der Waals surface area contributed by atoms with Crippen molar-refractivity contribution < 1.29 is 5.11 Å². The van der Waals surface area contributed by atoms with Crippen LogP contribution in [0.4, 0.5) is 0 Å². The highest BCUT2D eigenvalue weighted by atomic mass is 16.3. The monoisotopic (exact) mass is 225 g/mol. The molecule has 4 heteroatoms. The summed E-state index contributed by atoms with van der Waals surface area (Å²) in [5.41, 5.74) is 2.25. The van der Waals surface area contributed by atoms with Crippen molar-refractivity contribution in [2.45, 2.75) is 33.7 Å². The summed E-state index contributed by atoms with van der Waals surface area (Å²) in [5, 5.41) is 16.9. The lowest BCUT2D eigenvalue weighted by atomic mass is 9.95. The Kier molecular flexibility index (Phi) is 4.50. The Balaban J connectivity index is 2.45. The first-order valence-corrected chi connectivity index (χ1v) is 5.82. The molecule has 2 N–H and O–H groups in total. The van der Waals surface area contributed by atoms with E-state index in [1.807, 2.05) is 25.6 Å². The molecule has 1 aromatic heterocycles. The molecule has 0 aliphatic heterocycles. The van der Waals surface area contributed by atoms with Gasteiger partial charge in [-0.2, -0.15) is 5.10 Å². The van der Waals surface area contributed by atoms with Gasteiger partial charge in [0.05, 0.1) is 11.4 Å². The van der Waals surface area contributed by atoms with Gasteiger partial charge in [0.25, 0.3) is 0 Å². The Hall–Kier alpha value is -0.870. The van der Waals surface area contributed by atoms with Crippen molar-refractivity contribution in [1.82, 2.24) is 15.1 Å². The van der Waals surface area contributed by atoms with Crippen molar-refractivity contribution in [1.29, 1.82) is 0 Å². The summed E-state index contributed by atoms with van der Waals surface area (Å²) < 4.78 is 1.91. The molecule has 1 rings (SSSR count). The summed E-state index contributed by atoms with van der Waals surface area (Å²) in [4.78, 5) is 0. The summed E-state index contributed by atoms with van der Waals surface area (Å²) >= 11 is 0. The van der Waals surface area contributed by atoms with Crippen molar-refractivity contribution in [3.63, 3.8) is 0 Å². The molecule has 0 bridgehead atoms. The molecule has 0 saturated carbocycles. The van der Waals surface area contributed by atoms with Crippen LogP contribution in [0.2, 0.25) is 0 Å². The van der Waals surface area contributed by atoms with Crippen LogP contribution in [0.15, 0.2) is 6.07 Å². The molecule has 0 aliphatic rings. The molecule has 0 unspecified atom stereocenters. The molecule has 0 spiro atoms. The van der Waals surface area contributed by atoms with E-state index in [4.69, 9.17) is 5.11 Å². The van der Waals surface area contributed by atoms with Gasteiger partial charge in [-0.25, -0.2) is 0 Å². The zero-order valence-electron chi connectivity index (χ0n) is 10.7. The van der Waals surface area contributed by atoms with E-state index in [2.05, 4.69) is 23.4 Å². The third-order valence-electron chi connectivity index (χ3n) is 2.73. The number of rotatable bonds is 6. The molecule has 0 atom stereocenters. The lowest BCUT2D eigenvalue weighted by Crippen LogP contribution is -2.32. The molecule has 0 amide bonds. The van der Waals surface area contributed by atoms with Crippen LogP contribution < -0.4 is 5.32 Å². The van der Waals surface area contributed by atoms with Crippen LogP contribution in [0.1, 0.15) is 32.2 Å². The average Bonchev–Trinajstić information content (AvgIpc) is 2.60. The standard InChI is InChI=1S/C12H23N3O/c1-5-10-6-11(15(4)14-10)7-13-8-12(2,3)9-16/h6,13,16H,5,7-9H2,1-4H3. The number of aliphatic hydroxyl groups excluding tert-OH is 1. The maximum absolute atomic E-state index is 9.13. The molecule has 1 aromatic rings. The number of nitrogens with one attached hydrogen (secondary N) is 1. The molecule has 1 heterocycles. The molecule has 16 heavy (non-hydrogen) atoms. The van der Waals surface area contributed by atoms with Crippen LogP contribution in [0.25, 0.3) is 0 Å². The zero-order chi connectivity index (χ0) is 12.2. The van der Waals surface area contributed by atoms with Crippen LogP contribution in [0.3, 0.4) is 0 Å². The van der Waals surface area contributed by atoms with E-state index in [0.717, 1.165) is 25.2 Å². The van der Waals surface area contributed by atoms with Crippen LogP contribution in [0.5, 0.6) is 0 Å². The normalized spacial score (nSPS) is 12.1. The molecule has 0 radical (unpaired) electrons. The molecule has 92 valence electrons. The largest absolute Gasteiger partial charge is 0.396 e. The first-order valence-electron chi connectivity index (χ1n) is 5.82. The van der Waals surface area contributed by atoms with Gasteiger partial charge in [-0.1, -0.05) is 20.8 Å². The molecule has 0 aromatic carbocycles. The third kappa shape index (κ3) is 3.61. The predicted octanol–water partition coefficient (Wildman–Crippen LogP) is 1.09. The maximum Gasteiger partial charge on any atom is 0.0625 e. The second-order valence-corrected chi connectivity index (χ2v) is 5.03. The molecular weight excluding hydrogens is 202 g/mol. The number of aryl methyl sites for hydroxylation is 2. The first kappa shape index (κ1) is 13.2. The highest BCUT2D eigenvalue weighted by Gasteiger charge is 2.15. The number of aromatic nitrogens is 2. The van der Waals surface area contributed by atoms with Crippen molar-refractivity contribution in [3.05, 3.63) is 17.5 Å². The minimum atomic E-state index is -0.0633. The molecular formula is C12H23N3O. The SMILES string of the molecule is CCc1cc(CNCC(C)(C)CO)n(C)n1. The number of hydrogen-bond acceptors (Lipinski definition) is 3. The smallest absolute Gasteiger partial charge is 0.0625 e. The van der Waals surface area contributed by atoms with Gasteiger partial charge in [0.15, 0.2) is 0 Å². The lowest BCUT2D eigenvalue weighted by molar-refractivity contribution is 0.156. The number of aliphatic hydroxyl groups is 1. The zero-order valence-corrected chi connectivity index (χ0v) is 10.7. The minimum absolute atomic E-state index is 0.0633. The fraction of sp³-hybridized carbons (Fsp3) is 0.750. The molecule has 0 saturated heterocycles. The average molecular weight is 225 g/mol. The van der Waals surface area contributed by atoms with Crippen LogP contribution in [-0.2, 0) is 20.0 Å². The van der Waals surface area contributed by atoms with E-state index in [9.17, 15) is 0 Å². The number of hydrogen-bond donors (Lipinski definition) is 2. The van der Waals surface area contributed by atoms with E-state index < -0.39 is 0 Å². The molecule has 0 aliphatic carbocycles. The van der Waals surface area contributed by atoms with Gasteiger partial charge in [0, 0.05) is 32.2 Å². The number of nitrogens with zero attached hydrogens (tertiary/aromatic N) is 2. The van der Waals surface area contributed by atoms with Crippen molar-refractivity contribution in [2.75, 3.05) is 13.2 Å². The fourth-order valence-corrected chi connectivity index (χ4v) is 1.49. The topological polar surface area (TPSA) is 50.1 Å². The van der Waals surface area contributed by atoms with Gasteiger partial charge in [0.1, 0.15) is 0 Å². The Morgan fingerprint density at radius 3 is 2.69 bits per heavy atom. The van der Waals surface area contributed by atoms with E-state index in [1.165, 1.54) is 5.69 Å². The Morgan fingerprint density at radius 1 is 1.50 bits per heavy atom. The summed E-state index contributed by atoms with van der Waals surface area (Å²) in [6.45, 7) is 7.99. The molecule has 0 fully saturated rings. The van der Waals surface area contributed by atoms with Gasteiger partial charge in [0.2, 0.25) is 0 Å². The summed E-state index contributed by atoms with van der Waals surface area (Å²) in [6.07, 6.45) is 0.968. The van der Waals surface area contributed by atoms with Gasteiger partial charge in [-0.15, -0.1) is 0 Å². The third-order valence-corrected chi connectivity index (χ3v) is 2.73. The molecule has 4 nitrogen and oxygen atoms in total. The quantitative estimate of drug-likeness (QED) is 0.762. The van der Waals surface area contributed by atoms with Crippen LogP contribution in [0, 0.1) is 5.41 Å². The van der Waals surface area contributed by atoms with Crippen molar-refractivity contribution >= 4 is 0 Å². The predicted molar refractivity (Wildman–Crippen MR) is 65.2 cm³/mol. The Labute approximate surface area is 97.7 Å². The highest BCUT2D eigenvalue weighted by molar-refractivity contribution is 5.09. The maximum atomic E-state index is 9.13. The van der Waals surface area contributed by atoms with Gasteiger partial charge in [-0.05, 0) is 12.5 Å². The Bertz CT molecular complexity index is 331. The van der Waals surface area contributed by atoms with Crippen LogP contribution >= 0.6 is 0 Å². The lowest BCUT2D eigenvalue weighted by Gasteiger charge is -2.21. The summed E-state index contributed by atoms with van der Waals surface area (Å²) in [7, 11) is 1.97. The summed E-state index contributed by atoms with van der Waals surface area (Å²) in [6, 6.07) is 2.12. The first-order chi connectivity index (χ1) is 7.48. The van der Waals surface area contributed by atoms with Gasteiger partial charge in [-0.3, -0.25) is 4.68 Å². The highest BCUT2D eigenvalue weighted by Crippen LogP contribution is 2.12. The van der Waals surface area contributed by atoms with E-state index >= 15 is 0 Å². The Morgan fingerprint density at radius 2 is 2.19 bits per heavy atom. The van der Waals surface area contributed by atoms with E-state index in [1.54, 1.807) is 0 Å². The van der Waals surface area contributed by atoms with Crippen molar-refractivity contribution in [3.8, 4) is 0 Å². The van der Waals surface area contributed by atoms with E-state index in [-0.39, 0.29) is 12.0 Å².